The fourth-order valence-corrected chi connectivity index (χ4v) is 10.2. The maximum atomic E-state index is 6.69. The molecule has 0 fully saturated rings. The van der Waals surface area contributed by atoms with Crippen LogP contribution in [-0.4, -0.2) is 0 Å². The minimum atomic E-state index is -0.0733. The molecule has 0 aromatic heterocycles. The molecule has 0 radical (unpaired) electrons. The molecule has 54 heavy (non-hydrogen) atoms. The first-order valence-electron chi connectivity index (χ1n) is 20.0. The van der Waals surface area contributed by atoms with E-state index in [-0.39, 0.29) is 5.41 Å². The molecule has 11 rings (SSSR count). The lowest BCUT2D eigenvalue weighted by molar-refractivity contribution is 0.403. The van der Waals surface area contributed by atoms with Crippen LogP contribution in [0.25, 0.3) is 56.8 Å². The highest BCUT2D eigenvalue weighted by molar-refractivity contribution is 5.95. The molecular weight excluding hydrogens is 653 g/mol. The molecule has 1 nitrogen and oxygen atoms in total. The van der Waals surface area contributed by atoms with Crippen molar-refractivity contribution in [2.75, 3.05) is 0 Å². The fraction of sp³-hybridized carbons (Fsp3) is 0.208. The van der Waals surface area contributed by atoms with Gasteiger partial charge in [0.15, 0.2) is 0 Å². The summed E-state index contributed by atoms with van der Waals surface area (Å²) in [6.45, 7) is 4.87. The van der Waals surface area contributed by atoms with E-state index in [1.54, 1.807) is 0 Å². The van der Waals surface area contributed by atoms with Gasteiger partial charge in [-0.25, -0.2) is 0 Å². The van der Waals surface area contributed by atoms with Crippen LogP contribution in [0.5, 0.6) is 5.75 Å². The molecular formula is C53H44O. The van der Waals surface area contributed by atoms with Gasteiger partial charge in [0.1, 0.15) is 11.5 Å². The van der Waals surface area contributed by atoms with Crippen LogP contribution in [0.1, 0.15) is 97.2 Å². The zero-order valence-corrected chi connectivity index (χ0v) is 31.2. The summed E-state index contributed by atoms with van der Waals surface area (Å²) in [6.07, 6.45) is 28.0. The molecule has 0 aliphatic heterocycles. The standard InChI is InChI=1S/C53H44O/c1-53(2)49-31-38(37-18-15-33-9-6-7-10-36(33)25-37)21-23-47(49)48-24-22-39(32-50(48)53)43-28-44(30-46(29-43)54-45-13-4-3-5-14-45)42-26-40-19-16-34-11-8-12-35-17-20-41(27-42)52(40)51(34)35/h3-4,6-13,16,19-21,23,25-32,35H,5,14-15,17-18,22,24H2,1-2H3. The van der Waals surface area contributed by atoms with E-state index in [0.717, 1.165) is 56.5 Å². The van der Waals surface area contributed by atoms with Crippen LogP contribution in [0.15, 0.2) is 133 Å². The van der Waals surface area contributed by atoms with Crippen molar-refractivity contribution in [3.63, 3.8) is 0 Å². The van der Waals surface area contributed by atoms with E-state index in [1.165, 1.54) is 93.6 Å². The SMILES string of the molecule is CC1(C)C2=C(CCC(c3cc(OC4=CC=CCC4)cc(-c4cc5c6c7c(ccc6c4)=CC=CC7CC=5)c3)=C2)c2ccc(C3=Cc4ccccc4CC3)cc21. The number of benzene rings is 5. The van der Waals surface area contributed by atoms with E-state index < -0.39 is 0 Å². The summed E-state index contributed by atoms with van der Waals surface area (Å²) >= 11 is 0. The van der Waals surface area contributed by atoms with Gasteiger partial charge in [-0.1, -0.05) is 111 Å². The van der Waals surface area contributed by atoms with Crippen LogP contribution in [0.3, 0.4) is 0 Å². The Bertz CT molecular complexity index is 2790. The lowest BCUT2D eigenvalue weighted by Gasteiger charge is -2.27. The second-order valence-corrected chi connectivity index (χ2v) is 16.6. The van der Waals surface area contributed by atoms with Gasteiger partial charge in [-0.2, -0.15) is 0 Å². The lowest BCUT2D eigenvalue weighted by atomic mass is 9.77. The first kappa shape index (κ1) is 31.8. The quantitative estimate of drug-likeness (QED) is 0.178. The minimum absolute atomic E-state index is 0.0733. The van der Waals surface area contributed by atoms with Gasteiger partial charge in [0.2, 0.25) is 0 Å². The number of hydrogen-bond donors (Lipinski definition) is 0. The van der Waals surface area contributed by atoms with Crippen LogP contribution >= 0.6 is 0 Å². The van der Waals surface area contributed by atoms with Crippen molar-refractivity contribution >= 4 is 45.7 Å². The molecule has 1 unspecified atom stereocenters. The van der Waals surface area contributed by atoms with Gasteiger partial charge in [-0.3, -0.25) is 0 Å². The number of ether oxygens (including phenoxy) is 1. The largest absolute Gasteiger partial charge is 0.462 e. The Morgan fingerprint density at radius 1 is 0.685 bits per heavy atom. The second kappa shape index (κ2) is 12.2. The van der Waals surface area contributed by atoms with Crippen molar-refractivity contribution in [3.8, 4) is 16.9 Å². The Kier molecular flexibility index (Phi) is 7.18. The van der Waals surface area contributed by atoms with E-state index in [9.17, 15) is 0 Å². The summed E-state index contributed by atoms with van der Waals surface area (Å²) in [4.78, 5) is 0. The van der Waals surface area contributed by atoms with Gasteiger partial charge in [0, 0.05) is 17.8 Å². The summed E-state index contributed by atoms with van der Waals surface area (Å²) < 4.78 is 6.69. The van der Waals surface area contributed by atoms with Gasteiger partial charge in [0.25, 0.3) is 0 Å². The smallest absolute Gasteiger partial charge is 0.128 e. The third-order valence-corrected chi connectivity index (χ3v) is 13.0. The second-order valence-electron chi connectivity index (χ2n) is 16.6. The van der Waals surface area contributed by atoms with E-state index in [0.29, 0.717) is 5.92 Å². The van der Waals surface area contributed by atoms with Crippen molar-refractivity contribution in [1.82, 2.24) is 0 Å². The van der Waals surface area contributed by atoms with E-state index in [2.05, 4.69) is 153 Å². The highest BCUT2D eigenvalue weighted by atomic mass is 16.5. The molecule has 0 amide bonds. The Morgan fingerprint density at radius 3 is 2.48 bits per heavy atom. The van der Waals surface area contributed by atoms with E-state index in [1.807, 2.05) is 0 Å². The Labute approximate surface area is 318 Å². The average molecular weight is 697 g/mol. The Hall–Kier alpha value is -5.66. The Morgan fingerprint density at radius 2 is 1.56 bits per heavy atom. The number of fused-ring (bicyclic) bond motifs is 3. The zero-order chi connectivity index (χ0) is 36.0. The highest BCUT2D eigenvalue weighted by Gasteiger charge is 2.38. The predicted octanol–water partition coefficient (Wildman–Crippen LogP) is 12.1. The summed E-state index contributed by atoms with van der Waals surface area (Å²) in [6, 6.07) is 32.6. The number of allylic oxidation sites excluding steroid dienone is 11. The van der Waals surface area contributed by atoms with Gasteiger partial charge in [0.05, 0.1) is 0 Å². The molecule has 0 saturated carbocycles. The van der Waals surface area contributed by atoms with Crippen LogP contribution < -0.4 is 15.2 Å². The summed E-state index contributed by atoms with van der Waals surface area (Å²) in [5.41, 5.74) is 18.1. The van der Waals surface area contributed by atoms with Crippen molar-refractivity contribution in [2.24, 2.45) is 0 Å². The molecule has 0 spiro atoms. The summed E-state index contributed by atoms with van der Waals surface area (Å²) in [5.74, 6) is 2.44. The van der Waals surface area contributed by atoms with Gasteiger partial charge < -0.3 is 4.74 Å². The maximum Gasteiger partial charge on any atom is 0.128 e. The van der Waals surface area contributed by atoms with E-state index in [4.69, 9.17) is 4.74 Å². The first-order valence-corrected chi connectivity index (χ1v) is 20.0. The molecule has 0 bridgehead atoms. The molecule has 0 N–H and O–H groups in total. The predicted molar refractivity (Wildman–Crippen MR) is 227 cm³/mol. The third kappa shape index (κ3) is 5.12. The van der Waals surface area contributed by atoms with Crippen LogP contribution in [0.2, 0.25) is 0 Å². The average Bonchev–Trinajstić information content (AvgIpc) is 3.44. The van der Waals surface area contributed by atoms with Crippen LogP contribution in [0.4, 0.5) is 0 Å². The summed E-state index contributed by atoms with van der Waals surface area (Å²) in [5, 5.41) is 5.47. The third-order valence-electron chi connectivity index (χ3n) is 13.0. The van der Waals surface area contributed by atoms with Gasteiger partial charge in [-0.05, 0) is 175 Å². The molecule has 0 heterocycles. The number of rotatable bonds is 5. The lowest BCUT2D eigenvalue weighted by Crippen LogP contribution is -2.22. The van der Waals surface area contributed by atoms with Crippen molar-refractivity contribution in [3.05, 3.63) is 182 Å². The fourth-order valence-electron chi connectivity index (χ4n) is 10.2. The number of aryl methyl sites for hydroxylation is 1. The zero-order valence-electron chi connectivity index (χ0n) is 31.2. The summed E-state index contributed by atoms with van der Waals surface area (Å²) in [7, 11) is 0. The molecule has 5 aromatic carbocycles. The van der Waals surface area contributed by atoms with E-state index >= 15 is 0 Å². The van der Waals surface area contributed by atoms with Gasteiger partial charge in [-0.15, -0.1) is 0 Å². The molecule has 6 aliphatic rings. The molecule has 6 aliphatic carbocycles. The van der Waals surface area contributed by atoms with Crippen molar-refractivity contribution in [2.45, 2.75) is 70.1 Å². The van der Waals surface area contributed by atoms with Crippen molar-refractivity contribution in [1.29, 1.82) is 0 Å². The molecule has 1 atom stereocenters. The topological polar surface area (TPSA) is 9.23 Å². The highest BCUT2D eigenvalue weighted by Crippen LogP contribution is 2.53. The maximum absolute atomic E-state index is 6.69. The minimum Gasteiger partial charge on any atom is -0.462 e. The molecule has 0 saturated heterocycles. The first-order chi connectivity index (χ1) is 26.5. The molecule has 1 heteroatoms. The van der Waals surface area contributed by atoms with Crippen LogP contribution in [-0.2, 0) is 11.8 Å². The molecule has 5 aromatic rings. The molecule has 262 valence electrons. The van der Waals surface area contributed by atoms with Crippen LogP contribution in [0, 0.1) is 0 Å². The van der Waals surface area contributed by atoms with Gasteiger partial charge >= 0.3 is 0 Å². The monoisotopic (exact) mass is 696 g/mol. The Balaban J connectivity index is 0.994. The van der Waals surface area contributed by atoms with Crippen molar-refractivity contribution < 1.29 is 4.74 Å². The number of hydrogen-bond acceptors (Lipinski definition) is 1. The normalized spacial score (nSPS) is 19.9.